The summed E-state index contributed by atoms with van der Waals surface area (Å²) in [5, 5.41) is 11.8. The number of amides is 1. The zero-order valence-electron chi connectivity index (χ0n) is 15.8. The molecule has 2 atom stereocenters. The van der Waals surface area contributed by atoms with Crippen molar-refractivity contribution in [2.24, 2.45) is 11.3 Å². The minimum atomic E-state index is -1.46. The lowest BCUT2D eigenvalue weighted by Gasteiger charge is -2.30. The molecule has 0 spiro atoms. The molecule has 0 aromatic carbocycles. The Bertz CT molecular complexity index is 454. The summed E-state index contributed by atoms with van der Waals surface area (Å²) in [6, 6.07) is 0. The maximum absolute atomic E-state index is 12.1. The first kappa shape index (κ1) is 22.2. The molecule has 0 heterocycles. The van der Waals surface area contributed by atoms with Gasteiger partial charge < -0.3 is 19.9 Å². The van der Waals surface area contributed by atoms with Gasteiger partial charge in [0.15, 0.2) is 0 Å². The van der Waals surface area contributed by atoms with Crippen LogP contribution in [0.2, 0.25) is 0 Å². The van der Waals surface area contributed by atoms with Crippen LogP contribution in [0.25, 0.3) is 0 Å². The summed E-state index contributed by atoms with van der Waals surface area (Å²) < 4.78 is 10.2. The highest BCUT2D eigenvalue weighted by atomic mass is 16.7. The first-order chi connectivity index (χ1) is 10.8. The van der Waals surface area contributed by atoms with Gasteiger partial charge in [0, 0.05) is 12.3 Å². The molecule has 0 saturated carbocycles. The lowest BCUT2D eigenvalue weighted by Crippen LogP contribution is -2.53. The van der Waals surface area contributed by atoms with E-state index in [1.54, 1.807) is 20.8 Å². The summed E-state index contributed by atoms with van der Waals surface area (Å²) in [4.78, 5) is 35.0. The third-order valence-corrected chi connectivity index (χ3v) is 3.53. The van der Waals surface area contributed by atoms with E-state index in [0.29, 0.717) is 6.42 Å². The van der Waals surface area contributed by atoms with E-state index >= 15 is 0 Å². The Hall–Kier alpha value is -1.79. The average molecular weight is 345 g/mol. The van der Waals surface area contributed by atoms with E-state index in [2.05, 4.69) is 5.32 Å². The molecule has 24 heavy (non-hydrogen) atoms. The fraction of sp³-hybridized carbons (Fsp3) is 0.824. The Morgan fingerprint density at radius 1 is 1.04 bits per heavy atom. The topological polar surface area (TPSA) is 102 Å². The molecule has 140 valence electrons. The molecule has 0 unspecified atom stereocenters. The Morgan fingerprint density at radius 3 is 1.96 bits per heavy atom. The van der Waals surface area contributed by atoms with Crippen LogP contribution >= 0.6 is 0 Å². The summed E-state index contributed by atoms with van der Waals surface area (Å²) in [6.07, 6.45) is -0.960. The van der Waals surface area contributed by atoms with Crippen molar-refractivity contribution >= 4 is 18.0 Å². The van der Waals surface area contributed by atoms with Gasteiger partial charge in [0.1, 0.15) is 5.54 Å². The largest absolute Gasteiger partial charge is 0.480 e. The second kappa shape index (κ2) is 8.89. The van der Waals surface area contributed by atoms with Gasteiger partial charge in [-0.3, -0.25) is 4.79 Å². The molecule has 1 amide bonds. The Labute approximate surface area is 144 Å². The summed E-state index contributed by atoms with van der Waals surface area (Å²) in [5.41, 5.74) is -1.53. The number of hydrogen-bond acceptors (Lipinski definition) is 5. The number of carbonyl (C=O) groups excluding carboxylic acids is 2. The van der Waals surface area contributed by atoms with Crippen molar-refractivity contribution in [2.45, 2.75) is 79.6 Å². The van der Waals surface area contributed by atoms with E-state index in [-0.39, 0.29) is 24.2 Å². The van der Waals surface area contributed by atoms with E-state index in [1.165, 1.54) is 6.92 Å². The third kappa shape index (κ3) is 8.17. The number of hydrogen-bond donors (Lipinski definition) is 2. The van der Waals surface area contributed by atoms with Crippen molar-refractivity contribution in [1.82, 2.24) is 5.32 Å². The molecule has 0 bridgehead atoms. The summed E-state index contributed by atoms with van der Waals surface area (Å²) >= 11 is 0. The van der Waals surface area contributed by atoms with Crippen molar-refractivity contribution < 1.29 is 29.0 Å². The van der Waals surface area contributed by atoms with Crippen LogP contribution < -0.4 is 5.32 Å². The van der Waals surface area contributed by atoms with Crippen molar-refractivity contribution in [3.63, 3.8) is 0 Å². The number of carboxylic acids is 1. The van der Waals surface area contributed by atoms with Gasteiger partial charge in [0.25, 0.3) is 6.29 Å². The lowest BCUT2D eigenvalue weighted by atomic mass is 9.84. The third-order valence-electron chi connectivity index (χ3n) is 3.53. The van der Waals surface area contributed by atoms with Crippen molar-refractivity contribution in [1.29, 1.82) is 0 Å². The van der Waals surface area contributed by atoms with E-state index in [0.717, 1.165) is 0 Å². The molecule has 0 aliphatic carbocycles. The van der Waals surface area contributed by atoms with E-state index in [4.69, 9.17) is 9.47 Å². The number of nitrogens with one attached hydrogen (secondary N) is 1. The number of rotatable bonds is 8. The molecule has 0 saturated heterocycles. The highest BCUT2D eigenvalue weighted by Gasteiger charge is 2.37. The zero-order valence-corrected chi connectivity index (χ0v) is 15.8. The van der Waals surface area contributed by atoms with E-state index in [1.807, 2.05) is 20.8 Å². The van der Waals surface area contributed by atoms with Crippen LogP contribution in [0.4, 0.5) is 4.79 Å². The maximum atomic E-state index is 12.1. The number of carboxylic acid groups (broad SMARTS) is 1. The molecule has 0 aromatic rings. The number of esters is 1. The van der Waals surface area contributed by atoms with Crippen LogP contribution in [-0.4, -0.2) is 35.0 Å². The smallest absolute Gasteiger partial charge is 0.411 e. The quantitative estimate of drug-likeness (QED) is 0.517. The predicted molar refractivity (Wildman–Crippen MR) is 89.4 cm³/mol. The van der Waals surface area contributed by atoms with E-state index in [9.17, 15) is 19.5 Å². The minimum Gasteiger partial charge on any atom is -0.480 e. The first-order valence-corrected chi connectivity index (χ1v) is 8.22. The second-order valence-corrected chi connectivity index (χ2v) is 7.68. The molecule has 0 radical (unpaired) electrons. The Kier molecular flexibility index (Phi) is 8.23. The SMILES string of the molecule is CCC(=O)O[C@@H](OC(=O)N[C@@](C)(CCC(C)(C)C)C(=O)O)C(C)C. The Balaban J connectivity index is 4.92. The standard InChI is InChI=1S/C17H31NO6/c1-8-12(19)23-13(11(2)3)24-15(22)18-17(7,14(20)21)10-9-16(4,5)6/h11,13H,8-10H2,1-7H3,(H,18,22)(H,20,21)/t13-,17-/m0/s1. The van der Waals surface area contributed by atoms with Gasteiger partial charge in [-0.15, -0.1) is 0 Å². The molecule has 0 aliphatic heterocycles. The fourth-order valence-corrected chi connectivity index (χ4v) is 1.72. The molecule has 0 fully saturated rings. The lowest BCUT2D eigenvalue weighted by molar-refractivity contribution is -0.175. The van der Waals surface area contributed by atoms with Gasteiger partial charge in [-0.1, -0.05) is 41.5 Å². The molecule has 0 aliphatic rings. The van der Waals surface area contributed by atoms with Gasteiger partial charge in [-0.25, -0.2) is 9.59 Å². The van der Waals surface area contributed by atoms with Gasteiger partial charge in [0.2, 0.25) is 0 Å². The van der Waals surface area contributed by atoms with Crippen LogP contribution in [0, 0.1) is 11.3 Å². The molecule has 2 N–H and O–H groups in total. The molecular weight excluding hydrogens is 314 g/mol. The number of carbonyl (C=O) groups is 3. The number of alkyl carbamates (subject to hydrolysis) is 1. The zero-order chi connectivity index (χ0) is 19.1. The van der Waals surface area contributed by atoms with Crippen LogP contribution in [0.5, 0.6) is 0 Å². The molecule has 0 rings (SSSR count). The second-order valence-electron chi connectivity index (χ2n) is 7.68. The maximum Gasteiger partial charge on any atom is 0.411 e. The fourth-order valence-electron chi connectivity index (χ4n) is 1.72. The predicted octanol–water partition coefficient (Wildman–Crippen LogP) is 3.32. The van der Waals surface area contributed by atoms with Crippen LogP contribution in [-0.2, 0) is 19.1 Å². The molecular formula is C17H31NO6. The van der Waals surface area contributed by atoms with Gasteiger partial charge >= 0.3 is 18.0 Å². The number of aliphatic carboxylic acids is 1. The monoisotopic (exact) mass is 345 g/mol. The molecule has 7 heteroatoms. The van der Waals surface area contributed by atoms with E-state index < -0.39 is 29.9 Å². The summed E-state index contributed by atoms with van der Waals surface area (Å²) in [5.74, 6) is -1.89. The minimum absolute atomic E-state index is 0.0700. The Morgan fingerprint density at radius 2 is 1.58 bits per heavy atom. The average Bonchev–Trinajstić information content (AvgIpc) is 2.43. The number of ether oxygens (including phenoxy) is 2. The van der Waals surface area contributed by atoms with Gasteiger partial charge in [-0.05, 0) is 25.2 Å². The first-order valence-electron chi connectivity index (χ1n) is 8.22. The molecule has 0 aromatic heterocycles. The van der Waals surface area contributed by atoms with Crippen molar-refractivity contribution in [2.75, 3.05) is 0 Å². The van der Waals surface area contributed by atoms with Crippen LogP contribution in [0.15, 0.2) is 0 Å². The van der Waals surface area contributed by atoms with Crippen LogP contribution in [0.1, 0.15) is 67.7 Å². The van der Waals surface area contributed by atoms with Gasteiger partial charge in [0.05, 0.1) is 0 Å². The highest BCUT2D eigenvalue weighted by molar-refractivity contribution is 5.83. The van der Waals surface area contributed by atoms with Crippen molar-refractivity contribution in [3.05, 3.63) is 0 Å². The highest BCUT2D eigenvalue weighted by Crippen LogP contribution is 2.26. The normalized spacial score (nSPS) is 15.3. The van der Waals surface area contributed by atoms with Crippen molar-refractivity contribution in [3.8, 4) is 0 Å². The summed E-state index contributed by atoms with van der Waals surface area (Å²) in [6.45, 7) is 12.5. The van der Waals surface area contributed by atoms with Crippen LogP contribution in [0.3, 0.4) is 0 Å². The van der Waals surface area contributed by atoms with Gasteiger partial charge in [-0.2, -0.15) is 0 Å². The molecule has 7 nitrogen and oxygen atoms in total. The summed E-state index contributed by atoms with van der Waals surface area (Å²) in [7, 11) is 0.